The minimum atomic E-state index is -4.61. The van der Waals surface area contributed by atoms with Crippen LogP contribution in [-0.2, 0) is 12.6 Å². The first-order valence-electron chi connectivity index (χ1n) is 8.10. The highest BCUT2D eigenvalue weighted by atomic mass is 32.1. The predicted molar refractivity (Wildman–Crippen MR) is 96.8 cm³/mol. The summed E-state index contributed by atoms with van der Waals surface area (Å²) in [5.41, 5.74) is 5.10. The smallest absolute Gasteiger partial charge is 0.397 e. The van der Waals surface area contributed by atoms with Gasteiger partial charge >= 0.3 is 6.18 Å². The van der Waals surface area contributed by atoms with Gasteiger partial charge in [-0.2, -0.15) is 13.2 Å². The number of nitrogens with zero attached hydrogens (tertiary/aromatic N) is 2. The molecule has 0 fully saturated rings. The first-order chi connectivity index (χ1) is 12.6. The first kappa shape index (κ1) is 19.2. The second kappa shape index (κ2) is 6.84. The number of alkyl halides is 3. The van der Waals surface area contributed by atoms with Crippen molar-refractivity contribution in [2.24, 2.45) is 5.92 Å². The van der Waals surface area contributed by atoms with Gasteiger partial charge in [0.1, 0.15) is 15.5 Å². The van der Waals surface area contributed by atoms with Gasteiger partial charge < -0.3 is 15.6 Å². The number of hydrogen-bond donors (Lipinski definition) is 2. The van der Waals surface area contributed by atoms with Crippen molar-refractivity contribution in [1.82, 2.24) is 10.1 Å². The third-order valence-corrected chi connectivity index (χ3v) is 4.85. The summed E-state index contributed by atoms with van der Waals surface area (Å²) in [6.07, 6.45) is -4.23. The zero-order valence-corrected chi connectivity index (χ0v) is 15.6. The second-order valence-electron chi connectivity index (χ2n) is 6.56. The average molecular weight is 398 g/mol. The number of nitrogens with one attached hydrogen (secondary N) is 1. The van der Waals surface area contributed by atoms with Crippen LogP contribution in [-0.4, -0.2) is 16.0 Å². The number of anilines is 2. The summed E-state index contributed by atoms with van der Waals surface area (Å²) in [6.45, 7) is 5.42. The Morgan fingerprint density at radius 1 is 1.37 bits per heavy atom. The molecule has 144 valence electrons. The molecule has 0 spiro atoms. The molecule has 1 amide bonds. The van der Waals surface area contributed by atoms with E-state index >= 15 is 0 Å². The van der Waals surface area contributed by atoms with Crippen LogP contribution in [0.1, 0.15) is 40.5 Å². The zero-order valence-electron chi connectivity index (χ0n) is 14.8. The van der Waals surface area contributed by atoms with E-state index in [0.29, 0.717) is 17.9 Å². The number of thiophene rings is 1. The Balaban J connectivity index is 2.10. The van der Waals surface area contributed by atoms with Gasteiger partial charge in [0, 0.05) is 17.1 Å². The molecule has 6 nitrogen and oxygen atoms in total. The van der Waals surface area contributed by atoms with Crippen molar-refractivity contribution in [3.8, 4) is 0 Å². The van der Waals surface area contributed by atoms with Crippen LogP contribution in [0, 0.1) is 12.8 Å². The normalized spacial score (nSPS) is 12.1. The van der Waals surface area contributed by atoms with E-state index < -0.39 is 17.6 Å². The summed E-state index contributed by atoms with van der Waals surface area (Å²) in [7, 11) is 0. The van der Waals surface area contributed by atoms with Crippen molar-refractivity contribution in [3.05, 3.63) is 34.0 Å². The van der Waals surface area contributed by atoms with Crippen LogP contribution in [0.25, 0.3) is 10.2 Å². The van der Waals surface area contributed by atoms with Gasteiger partial charge in [0.2, 0.25) is 0 Å². The molecule has 3 aromatic heterocycles. The summed E-state index contributed by atoms with van der Waals surface area (Å²) in [5.74, 6) is 0.0988. The number of nitrogens with two attached hydrogens (primary N) is 1. The molecule has 0 saturated heterocycles. The molecule has 3 N–H and O–H groups in total. The minimum absolute atomic E-state index is 0.0506. The average Bonchev–Trinajstić information content (AvgIpc) is 3.08. The SMILES string of the molecule is Cc1cc(NC(=O)c2sc3nc(CC(C)C)cc(C(F)(F)F)c3c2N)no1. The number of aromatic nitrogens is 2. The number of nitrogen functional groups attached to an aromatic ring is 1. The molecule has 0 unspecified atom stereocenters. The van der Waals surface area contributed by atoms with E-state index in [4.69, 9.17) is 10.3 Å². The largest absolute Gasteiger partial charge is 0.417 e. The van der Waals surface area contributed by atoms with Gasteiger partial charge in [0.25, 0.3) is 5.91 Å². The molecule has 0 aliphatic rings. The lowest BCUT2D eigenvalue weighted by Crippen LogP contribution is -2.13. The topological polar surface area (TPSA) is 94.0 Å². The molecular formula is C17H17F3N4O2S. The fourth-order valence-electron chi connectivity index (χ4n) is 2.69. The summed E-state index contributed by atoms with van der Waals surface area (Å²) in [4.78, 5) is 16.8. The second-order valence-corrected chi connectivity index (χ2v) is 7.56. The minimum Gasteiger partial charge on any atom is -0.397 e. The van der Waals surface area contributed by atoms with Crippen molar-refractivity contribution < 1.29 is 22.5 Å². The summed E-state index contributed by atoms with van der Waals surface area (Å²) in [6, 6.07) is 2.50. The van der Waals surface area contributed by atoms with Gasteiger partial charge in [-0.1, -0.05) is 19.0 Å². The molecule has 3 heterocycles. The number of hydrogen-bond acceptors (Lipinski definition) is 6. The van der Waals surface area contributed by atoms with E-state index in [0.717, 1.165) is 17.4 Å². The highest BCUT2D eigenvalue weighted by Crippen LogP contribution is 2.42. The maximum atomic E-state index is 13.6. The Morgan fingerprint density at radius 3 is 2.63 bits per heavy atom. The number of amides is 1. The van der Waals surface area contributed by atoms with Crippen LogP contribution in [0.2, 0.25) is 0 Å². The van der Waals surface area contributed by atoms with Gasteiger partial charge in [-0.25, -0.2) is 4.98 Å². The Bertz CT molecular complexity index is 1010. The highest BCUT2D eigenvalue weighted by Gasteiger charge is 2.36. The molecule has 0 aromatic carbocycles. The van der Waals surface area contributed by atoms with Crippen molar-refractivity contribution >= 4 is 39.0 Å². The Kier molecular flexibility index (Phi) is 4.85. The maximum Gasteiger partial charge on any atom is 0.417 e. The molecule has 27 heavy (non-hydrogen) atoms. The van der Waals surface area contributed by atoms with Crippen LogP contribution >= 0.6 is 11.3 Å². The standard InChI is InChI=1S/C17H17F3N4O2S/c1-7(2)4-9-6-10(17(18,19)20)12-13(21)14(27-16(12)22-9)15(25)23-11-5-8(3)26-24-11/h5-7H,4,21H2,1-3H3,(H,23,24,25). The van der Waals surface area contributed by atoms with E-state index in [1.807, 2.05) is 13.8 Å². The molecule has 10 heteroatoms. The van der Waals surface area contributed by atoms with Crippen LogP contribution < -0.4 is 11.1 Å². The molecule has 0 aliphatic carbocycles. The Morgan fingerprint density at radius 2 is 2.07 bits per heavy atom. The molecular weight excluding hydrogens is 381 g/mol. The summed E-state index contributed by atoms with van der Waals surface area (Å²) < 4.78 is 45.6. The van der Waals surface area contributed by atoms with E-state index in [1.54, 1.807) is 6.92 Å². The highest BCUT2D eigenvalue weighted by molar-refractivity contribution is 7.21. The molecule has 3 rings (SSSR count). The maximum absolute atomic E-state index is 13.6. The third kappa shape index (κ3) is 3.90. The number of halogens is 3. The molecule has 0 saturated carbocycles. The number of fused-ring (bicyclic) bond motifs is 1. The van der Waals surface area contributed by atoms with Crippen molar-refractivity contribution in [1.29, 1.82) is 0 Å². The fourth-order valence-corrected chi connectivity index (χ4v) is 3.72. The fraction of sp³-hybridized carbons (Fsp3) is 0.353. The lowest BCUT2D eigenvalue weighted by Gasteiger charge is -2.12. The van der Waals surface area contributed by atoms with E-state index in [1.165, 1.54) is 6.07 Å². The third-order valence-electron chi connectivity index (χ3n) is 3.75. The van der Waals surface area contributed by atoms with E-state index in [-0.39, 0.29) is 32.5 Å². The Hall–Kier alpha value is -2.62. The zero-order chi connectivity index (χ0) is 19.9. The predicted octanol–water partition coefficient (Wildman–Crippen LogP) is 4.64. The lowest BCUT2D eigenvalue weighted by molar-refractivity contribution is -0.136. The molecule has 0 atom stereocenters. The molecule has 0 radical (unpaired) electrons. The number of carbonyl (C=O) groups excluding carboxylic acids is 1. The van der Waals surface area contributed by atoms with Gasteiger partial charge in [-0.3, -0.25) is 4.79 Å². The number of carbonyl (C=O) groups is 1. The molecule has 0 bridgehead atoms. The molecule has 0 aliphatic heterocycles. The van der Waals surface area contributed by atoms with Gasteiger partial charge in [0.05, 0.1) is 11.3 Å². The number of pyridine rings is 1. The summed E-state index contributed by atoms with van der Waals surface area (Å²) in [5, 5.41) is 5.84. The van der Waals surface area contributed by atoms with Crippen LogP contribution in [0.5, 0.6) is 0 Å². The van der Waals surface area contributed by atoms with E-state index in [2.05, 4.69) is 15.5 Å². The van der Waals surface area contributed by atoms with Gasteiger partial charge in [-0.15, -0.1) is 11.3 Å². The van der Waals surface area contributed by atoms with Crippen molar-refractivity contribution in [2.45, 2.75) is 33.4 Å². The lowest BCUT2D eigenvalue weighted by atomic mass is 10.0. The first-order valence-corrected chi connectivity index (χ1v) is 8.91. The van der Waals surface area contributed by atoms with Crippen LogP contribution in [0.3, 0.4) is 0 Å². The molecule has 3 aromatic rings. The van der Waals surface area contributed by atoms with Crippen LogP contribution in [0.15, 0.2) is 16.7 Å². The van der Waals surface area contributed by atoms with E-state index in [9.17, 15) is 18.0 Å². The van der Waals surface area contributed by atoms with Crippen molar-refractivity contribution in [2.75, 3.05) is 11.1 Å². The van der Waals surface area contributed by atoms with Gasteiger partial charge in [0.15, 0.2) is 5.82 Å². The monoisotopic (exact) mass is 398 g/mol. The van der Waals surface area contributed by atoms with Crippen molar-refractivity contribution in [3.63, 3.8) is 0 Å². The van der Waals surface area contributed by atoms with Gasteiger partial charge in [-0.05, 0) is 25.3 Å². The van der Waals surface area contributed by atoms with Crippen LogP contribution in [0.4, 0.5) is 24.7 Å². The quantitative estimate of drug-likeness (QED) is 0.667. The number of rotatable bonds is 4. The number of aryl methyl sites for hydroxylation is 1. The Labute approximate surface area is 156 Å². The summed E-state index contributed by atoms with van der Waals surface area (Å²) >= 11 is 0.823.